The lowest BCUT2D eigenvalue weighted by Gasteiger charge is -2.23. The van der Waals surface area contributed by atoms with E-state index in [1.165, 1.54) is 28.1 Å². The van der Waals surface area contributed by atoms with Gasteiger partial charge in [-0.1, -0.05) is 23.8 Å². The Hall–Kier alpha value is -2.35. The zero-order valence-corrected chi connectivity index (χ0v) is 13.0. The SMILES string of the molecule is CC1=CC=C/C(=C/C=C2/C(C)=Nc3ccc(C)cc32)N1C. The van der Waals surface area contributed by atoms with Crippen molar-refractivity contribution in [2.24, 2.45) is 4.99 Å². The molecule has 2 aliphatic heterocycles. The summed E-state index contributed by atoms with van der Waals surface area (Å²) in [6.07, 6.45) is 10.7. The lowest BCUT2D eigenvalue weighted by molar-refractivity contribution is 0.533. The fourth-order valence-electron chi connectivity index (χ4n) is 2.66. The van der Waals surface area contributed by atoms with Gasteiger partial charge in [0.15, 0.2) is 0 Å². The number of rotatable bonds is 1. The van der Waals surface area contributed by atoms with Gasteiger partial charge in [-0.05, 0) is 51.1 Å². The maximum absolute atomic E-state index is 4.65. The highest BCUT2D eigenvalue weighted by molar-refractivity contribution is 6.28. The van der Waals surface area contributed by atoms with Crippen molar-refractivity contribution in [3.8, 4) is 0 Å². The molecular weight excluding hydrogens is 256 g/mol. The standard InChI is InChI=1S/C19H20N2/c1-13-8-11-19-18(12-13)17(15(3)20-19)10-9-16-7-5-6-14(2)21(16)4/h5-12H,1-4H3/b16-9-,17-10-. The highest BCUT2D eigenvalue weighted by Crippen LogP contribution is 2.35. The quantitative estimate of drug-likeness (QED) is 0.721. The summed E-state index contributed by atoms with van der Waals surface area (Å²) in [5.41, 5.74) is 8.32. The van der Waals surface area contributed by atoms with Crippen molar-refractivity contribution in [1.29, 1.82) is 0 Å². The first-order valence-electron chi connectivity index (χ1n) is 7.23. The monoisotopic (exact) mass is 276 g/mol. The van der Waals surface area contributed by atoms with Crippen molar-refractivity contribution < 1.29 is 0 Å². The van der Waals surface area contributed by atoms with Crippen LogP contribution in [-0.2, 0) is 0 Å². The number of aliphatic imine (C=N–C) groups is 1. The van der Waals surface area contributed by atoms with Crippen LogP contribution in [0.3, 0.4) is 0 Å². The number of hydrogen-bond donors (Lipinski definition) is 0. The van der Waals surface area contributed by atoms with E-state index < -0.39 is 0 Å². The first-order chi connectivity index (χ1) is 10.1. The highest BCUT2D eigenvalue weighted by atomic mass is 15.1. The number of hydrogen-bond acceptors (Lipinski definition) is 2. The van der Waals surface area contributed by atoms with Gasteiger partial charge in [0.2, 0.25) is 0 Å². The van der Waals surface area contributed by atoms with Crippen molar-refractivity contribution in [1.82, 2.24) is 4.90 Å². The third-order valence-corrected chi connectivity index (χ3v) is 4.06. The minimum Gasteiger partial charge on any atom is -0.348 e. The van der Waals surface area contributed by atoms with Crippen LogP contribution in [0.2, 0.25) is 0 Å². The fraction of sp³-hybridized carbons (Fsp3) is 0.211. The smallest absolute Gasteiger partial charge is 0.0712 e. The van der Waals surface area contributed by atoms with E-state index in [1.54, 1.807) is 0 Å². The molecule has 3 rings (SSSR count). The number of benzene rings is 1. The Morgan fingerprint density at radius 3 is 2.71 bits per heavy atom. The maximum atomic E-state index is 4.65. The van der Waals surface area contributed by atoms with Crippen molar-refractivity contribution in [3.05, 3.63) is 71.1 Å². The minimum absolute atomic E-state index is 1.08. The zero-order valence-electron chi connectivity index (χ0n) is 13.0. The van der Waals surface area contributed by atoms with Gasteiger partial charge >= 0.3 is 0 Å². The van der Waals surface area contributed by atoms with E-state index >= 15 is 0 Å². The molecule has 0 spiro atoms. The minimum atomic E-state index is 1.08. The third-order valence-electron chi connectivity index (χ3n) is 4.06. The Morgan fingerprint density at radius 1 is 1.10 bits per heavy atom. The van der Waals surface area contributed by atoms with Crippen LogP contribution in [-0.4, -0.2) is 17.7 Å². The van der Waals surface area contributed by atoms with Gasteiger partial charge in [0, 0.05) is 35.3 Å². The number of fused-ring (bicyclic) bond motifs is 1. The van der Waals surface area contributed by atoms with Crippen molar-refractivity contribution in [2.75, 3.05) is 7.05 Å². The van der Waals surface area contributed by atoms with E-state index in [2.05, 4.69) is 86.3 Å². The summed E-state index contributed by atoms with van der Waals surface area (Å²) in [5.74, 6) is 0. The third kappa shape index (κ3) is 2.49. The van der Waals surface area contributed by atoms with Gasteiger partial charge < -0.3 is 4.90 Å². The van der Waals surface area contributed by atoms with Crippen LogP contribution in [0.1, 0.15) is 25.0 Å². The average molecular weight is 276 g/mol. The zero-order chi connectivity index (χ0) is 15.0. The molecule has 2 aliphatic rings. The second kappa shape index (κ2) is 5.21. The van der Waals surface area contributed by atoms with Crippen molar-refractivity contribution in [3.63, 3.8) is 0 Å². The predicted octanol–water partition coefficient (Wildman–Crippen LogP) is 4.77. The molecule has 0 aliphatic carbocycles. The number of likely N-dealkylation sites (N-methyl/N-ethyl adjacent to an activating group) is 1. The molecule has 0 radical (unpaired) electrons. The summed E-state index contributed by atoms with van der Waals surface area (Å²) < 4.78 is 0. The Labute approximate surface area is 126 Å². The normalized spacial score (nSPS) is 20.9. The number of nitrogens with zero attached hydrogens (tertiary/aromatic N) is 2. The molecule has 21 heavy (non-hydrogen) atoms. The van der Waals surface area contributed by atoms with Gasteiger partial charge in [0.1, 0.15) is 0 Å². The summed E-state index contributed by atoms with van der Waals surface area (Å²) in [5, 5.41) is 0. The van der Waals surface area contributed by atoms with Crippen LogP contribution in [0.15, 0.2) is 65.0 Å². The van der Waals surface area contributed by atoms with Gasteiger partial charge in [-0.25, -0.2) is 0 Å². The van der Waals surface area contributed by atoms with Crippen LogP contribution in [0, 0.1) is 6.92 Å². The fourth-order valence-corrected chi connectivity index (χ4v) is 2.66. The van der Waals surface area contributed by atoms with E-state index in [1.807, 2.05) is 0 Å². The lowest BCUT2D eigenvalue weighted by atomic mass is 10.0. The van der Waals surface area contributed by atoms with E-state index in [0.717, 1.165) is 11.4 Å². The van der Waals surface area contributed by atoms with Crippen LogP contribution in [0.4, 0.5) is 5.69 Å². The van der Waals surface area contributed by atoms with Gasteiger partial charge in [0.25, 0.3) is 0 Å². The summed E-state index contributed by atoms with van der Waals surface area (Å²) in [7, 11) is 2.09. The molecule has 106 valence electrons. The molecule has 0 N–H and O–H groups in total. The van der Waals surface area contributed by atoms with Gasteiger partial charge in [-0.3, -0.25) is 4.99 Å². The lowest BCUT2D eigenvalue weighted by Crippen LogP contribution is -2.15. The Bertz CT molecular complexity index is 743. The highest BCUT2D eigenvalue weighted by Gasteiger charge is 2.17. The molecule has 0 amide bonds. The van der Waals surface area contributed by atoms with E-state index in [4.69, 9.17) is 0 Å². The van der Waals surface area contributed by atoms with E-state index in [9.17, 15) is 0 Å². The largest absolute Gasteiger partial charge is 0.348 e. The molecule has 0 saturated heterocycles. The average Bonchev–Trinajstić information content (AvgIpc) is 2.76. The van der Waals surface area contributed by atoms with Gasteiger partial charge in [-0.15, -0.1) is 0 Å². The second-order valence-electron chi connectivity index (χ2n) is 5.62. The molecule has 0 unspecified atom stereocenters. The Balaban J connectivity index is 1.99. The van der Waals surface area contributed by atoms with Crippen molar-refractivity contribution >= 4 is 17.0 Å². The topological polar surface area (TPSA) is 15.6 Å². The molecule has 0 aromatic heterocycles. The van der Waals surface area contributed by atoms with Gasteiger partial charge in [0.05, 0.1) is 5.69 Å². The molecule has 1 aromatic carbocycles. The Kier molecular flexibility index (Phi) is 3.38. The number of aryl methyl sites for hydroxylation is 1. The first-order valence-corrected chi connectivity index (χ1v) is 7.23. The summed E-state index contributed by atoms with van der Waals surface area (Å²) in [6.45, 7) is 6.31. The summed E-state index contributed by atoms with van der Waals surface area (Å²) in [4.78, 5) is 6.84. The molecule has 0 atom stereocenters. The van der Waals surface area contributed by atoms with E-state index in [0.29, 0.717) is 0 Å². The molecule has 0 fully saturated rings. The van der Waals surface area contributed by atoms with Crippen LogP contribution < -0.4 is 0 Å². The molecule has 2 heterocycles. The molecule has 1 aromatic rings. The van der Waals surface area contributed by atoms with Crippen LogP contribution in [0.5, 0.6) is 0 Å². The van der Waals surface area contributed by atoms with Crippen molar-refractivity contribution in [2.45, 2.75) is 20.8 Å². The molecular formula is C19H20N2. The predicted molar refractivity (Wildman–Crippen MR) is 90.7 cm³/mol. The maximum Gasteiger partial charge on any atom is 0.0712 e. The molecule has 2 nitrogen and oxygen atoms in total. The molecule has 0 saturated carbocycles. The van der Waals surface area contributed by atoms with Crippen LogP contribution in [0.25, 0.3) is 5.57 Å². The number of allylic oxidation sites excluding steroid dienone is 7. The Morgan fingerprint density at radius 2 is 1.90 bits per heavy atom. The van der Waals surface area contributed by atoms with E-state index in [-0.39, 0.29) is 0 Å². The summed E-state index contributed by atoms with van der Waals surface area (Å²) in [6, 6.07) is 6.43. The molecule has 0 bridgehead atoms. The first kappa shape index (κ1) is 13.6. The second-order valence-corrected chi connectivity index (χ2v) is 5.62. The molecule has 2 heteroatoms. The van der Waals surface area contributed by atoms with Crippen LogP contribution >= 0.6 is 0 Å². The summed E-state index contributed by atoms with van der Waals surface area (Å²) >= 11 is 0. The van der Waals surface area contributed by atoms with Gasteiger partial charge in [-0.2, -0.15) is 0 Å².